The number of methoxy groups -OCH3 is 1. The van der Waals surface area contributed by atoms with E-state index in [4.69, 9.17) is 9.47 Å². The van der Waals surface area contributed by atoms with Crippen molar-refractivity contribution in [1.29, 1.82) is 0 Å². The number of benzene rings is 1. The van der Waals surface area contributed by atoms with E-state index in [1.54, 1.807) is 19.2 Å². The van der Waals surface area contributed by atoms with Crippen LogP contribution in [0.25, 0.3) is 0 Å². The zero-order valence-electron chi connectivity index (χ0n) is 12.9. The molecule has 1 aromatic rings. The maximum Gasteiger partial charge on any atom is 0.329 e. The fraction of sp³-hybridized carbons (Fsp3) is 0.400. The molecule has 1 saturated carbocycles. The molecule has 1 fully saturated rings. The lowest BCUT2D eigenvalue weighted by Crippen LogP contribution is -2.38. The van der Waals surface area contributed by atoms with Gasteiger partial charge in [0.25, 0.3) is 0 Å². The van der Waals surface area contributed by atoms with Crippen LogP contribution in [0.2, 0.25) is 0 Å². The van der Waals surface area contributed by atoms with E-state index in [2.05, 4.69) is 31.8 Å². The Labute approximate surface area is 142 Å². The van der Waals surface area contributed by atoms with Crippen LogP contribution in [0.4, 0.5) is 0 Å². The van der Waals surface area contributed by atoms with Crippen LogP contribution < -0.4 is 20.2 Å². The third-order valence-corrected chi connectivity index (χ3v) is 3.62. The summed E-state index contributed by atoms with van der Waals surface area (Å²) < 4.78 is 11.5. The van der Waals surface area contributed by atoms with Gasteiger partial charge in [0.05, 0.1) is 24.4 Å². The van der Waals surface area contributed by atoms with Gasteiger partial charge in [-0.2, -0.15) is 5.10 Å². The molecule has 0 aliphatic heterocycles. The van der Waals surface area contributed by atoms with Crippen LogP contribution in [-0.4, -0.2) is 37.8 Å². The Morgan fingerprint density at radius 1 is 1.39 bits per heavy atom. The van der Waals surface area contributed by atoms with Crippen molar-refractivity contribution in [2.45, 2.75) is 25.8 Å². The summed E-state index contributed by atoms with van der Waals surface area (Å²) in [7, 11) is 1.55. The van der Waals surface area contributed by atoms with Crippen LogP contribution in [0.15, 0.2) is 21.7 Å². The topological polar surface area (TPSA) is 89.0 Å². The SMILES string of the molecule is CCOc1cc(/C=N\NC(=O)C(=O)NC2CC2)cc(Br)c1OC. The third-order valence-electron chi connectivity index (χ3n) is 3.03. The summed E-state index contributed by atoms with van der Waals surface area (Å²) >= 11 is 3.39. The lowest BCUT2D eigenvalue weighted by atomic mass is 10.2. The normalized spacial score (nSPS) is 13.7. The Balaban J connectivity index is 2.00. The van der Waals surface area contributed by atoms with Crippen LogP contribution >= 0.6 is 15.9 Å². The van der Waals surface area contributed by atoms with E-state index in [1.165, 1.54) is 6.21 Å². The van der Waals surface area contributed by atoms with Gasteiger partial charge in [-0.05, 0) is 53.4 Å². The minimum Gasteiger partial charge on any atom is -0.492 e. The molecule has 124 valence electrons. The van der Waals surface area contributed by atoms with Crippen LogP contribution in [0, 0.1) is 0 Å². The van der Waals surface area contributed by atoms with Crippen molar-refractivity contribution in [1.82, 2.24) is 10.7 Å². The fourth-order valence-corrected chi connectivity index (χ4v) is 2.44. The lowest BCUT2D eigenvalue weighted by molar-refractivity contribution is -0.139. The third kappa shape index (κ3) is 4.95. The van der Waals surface area contributed by atoms with Gasteiger partial charge in [0, 0.05) is 6.04 Å². The van der Waals surface area contributed by atoms with Gasteiger partial charge in [-0.25, -0.2) is 5.43 Å². The van der Waals surface area contributed by atoms with E-state index < -0.39 is 11.8 Å². The standard InChI is InChI=1S/C15H18BrN3O4/c1-3-23-12-7-9(6-11(16)13(12)22-2)8-17-19-15(21)14(20)18-10-4-5-10/h6-8,10H,3-5H2,1-2H3,(H,18,20)(H,19,21)/b17-8-. The Morgan fingerprint density at radius 2 is 2.13 bits per heavy atom. The molecule has 0 unspecified atom stereocenters. The zero-order valence-corrected chi connectivity index (χ0v) is 14.5. The maximum absolute atomic E-state index is 11.5. The van der Waals surface area contributed by atoms with E-state index >= 15 is 0 Å². The van der Waals surface area contributed by atoms with Gasteiger partial charge in [-0.15, -0.1) is 0 Å². The van der Waals surface area contributed by atoms with E-state index in [-0.39, 0.29) is 6.04 Å². The molecule has 0 bridgehead atoms. The lowest BCUT2D eigenvalue weighted by Gasteiger charge is -2.11. The first-order valence-corrected chi connectivity index (χ1v) is 7.98. The Kier molecular flexibility index (Phi) is 5.97. The molecule has 2 N–H and O–H groups in total. The Morgan fingerprint density at radius 3 is 2.74 bits per heavy atom. The van der Waals surface area contributed by atoms with Crippen LogP contribution in [0.3, 0.4) is 0 Å². The number of carbonyl (C=O) groups excluding carboxylic acids is 2. The number of rotatable bonds is 6. The summed E-state index contributed by atoms with van der Waals surface area (Å²) in [6.07, 6.45) is 3.26. The monoisotopic (exact) mass is 383 g/mol. The van der Waals surface area contributed by atoms with Crippen LogP contribution in [0.5, 0.6) is 11.5 Å². The summed E-state index contributed by atoms with van der Waals surface area (Å²) in [5.74, 6) is -0.318. The first-order valence-electron chi connectivity index (χ1n) is 7.19. The molecule has 23 heavy (non-hydrogen) atoms. The first kappa shape index (κ1) is 17.3. The van der Waals surface area contributed by atoms with Gasteiger partial charge < -0.3 is 14.8 Å². The molecular formula is C15H18BrN3O4. The predicted molar refractivity (Wildman–Crippen MR) is 88.8 cm³/mol. The molecule has 7 nitrogen and oxygen atoms in total. The molecule has 0 spiro atoms. The zero-order chi connectivity index (χ0) is 16.8. The second-order valence-electron chi connectivity index (χ2n) is 4.91. The van der Waals surface area contributed by atoms with E-state index in [0.717, 1.165) is 12.8 Å². The van der Waals surface area contributed by atoms with Gasteiger partial charge >= 0.3 is 11.8 Å². The molecule has 1 aliphatic carbocycles. The van der Waals surface area contributed by atoms with Gasteiger partial charge in [-0.1, -0.05) is 0 Å². The Hall–Kier alpha value is -2.09. The van der Waals surface area contributed by atoms with Crippen molar-refractivity contribution < 1.29 is 19.1 Å². The average molecular weight is 384 g/mol. The van der Waals surface area contributed by atoms with Gasteiger partial charge in [0.1, 0.15) is 0 Å². The quantitative estimate of drug-likeness (QED) is 0.443. The van der Waals surface area contributed by atoms with E-state index in [0.29, 0.717) is 28.1 Å². The summed E-state index contributed by atoms with van der Waals surface area (Å²) in [5.41, 5.74) is 2.88. The molecule has 0 atom stereocenters. The number of hydrogen-bond acceptors (Lipinski definition) is 5. The molecule has 1 aromatic carbocycles. The number of hydrazone groups is 1. The molecule has 1 aliphatic rings. The number of ether oxygens (including phenoxy) is 2. The number of nitrogens with zero attached hydrogens (tertiary/aromatic N) is 1. The Bertz CT molecular complexity index is 629. The maximum atomic E-state index is 11.5. The smallest absolute Gasteiger partial charge is 0.329 e. The molecule has 0 radical (unpaired) electrons. The summed E-state index contributed by atoms with van der Waals surface area (Å²) in [6, 6.07) is 3.62. The van der Waals surface area contributed by atoms with Crippen molar-refractivity contribution in [3.05, 3.63) is 22.2 Å². The van der Waals surface area contributed by atoms with Gasteiger partial charge in [0.2, 0.25) is 0 Å². The molecule has 2 rings (SSSR count). The van der Waals surface area contributed by atoms with Gasteiger partial charge in [0.15, 0.2) is 11.5 Å². The highest BCUT2D eigenvalue weighted by Gasteiger charge is 2.26. The number of hydrogen-bond donors (Lipinski definition) is 2. The van der Waals surface area contributed by atoms with Crippen molar-refractivity contribution in [3.63, 3.8) is 0 Å². The van der Waals surface area contributed by atoms with Gasteiger partial charge in [-0.3, -0.25) is 9.59 Å². The summed E-state index contributed by atoms with van der Waals surface area (Å²) in [5, 5.41) is 6.37. The predicted octanol–water partition coefficient (Wildman–Crippen LogP) is 1.59. The molecule has 0 saturated heterocycles. The molecule has 0 heterocycles. The number of amides is 2. The highest BCUT2D eigenvalue weighted by molar-refractivity contribution is 9.10. The molecule has 0 aromatic heterocycles. The second-order valence-corrected chi connectivity index (χ2v) is 5.77. The number of carbonyl (C=O) groups is 2. The average Bonchev–Trinajstić information content (AvgIpc) is 3.31. The molecule has 8 heteroatoms. The fourth-order valence-electron chi connectivity index (χ4n) is 1.82. The van der Waals surface area contributed by atoms with Crippen LogP contribution in [-0.2, 0) is 9.59 Å². The highest BCUT2D eigenvalue weighted by atomic mass is 79.9. The van der Waals surface area contributed by atoms with Crippen molar-refractivity contribution in [2.24, 2.45) is 5.10 Å². The minimum absolute atomic E-state index is 0.128. The number of nitrogens with one attached hydrogen (secondary N) is 2. The van der Waals surface area contributed by atoms with Crippen molar-refractivity contribution in [2.75, 3.05) is 13.7 Å². The minimum atomic E-state index is -0.786. The second kappa shape index (κ2) is 7.96. The molecular weight excluding hydrogens is 366 g/mol. The highest BCUT2D eigenvalue weighted by Crippen LogP contribution is 2.36. The number of halogens is 1. The van der Waals surface area contributed by atoms with Crippen LogP contribution in [0.1, 0.15) is 25.3 Å². The summed E-state index contributed by atoms with van der Waals surface area (Å²) in [4.78, 5) is 23.0. The largest absolute Gasteiger partial charge is 0.492 e. The molecule has 2 amide bonds. The first-order chi connectivity index (χ1) is 11.0. The van der Waals surface area contributed by atoms with E-state index in [1.807, 2.05) is 6.92 Å². The van der Waals surface area contributed by atoms with Crippen molar-refractivity contribution >= 4 is 34.0 Å². The van der Waals surface area contributed by atoms with Crippen molar-refractivity contribution in [3.8, 4) is 11.5 Å². The summed E-state index contributed by atoms with van der Waals surface area (Å²) in [6.45, 7) is 2.36. The van der Waals surface area contributed by atoms with E-state index in [9.17, 15) is 9.59 Å².